The third kappa shape index (κ3) is 3.00. The molecule has 0 bridgehead atoms. The summed E-state index contributed by atoms with van der Waals surface area (Å²) < 4.78 is 13.6. The van der Waals surface area contributed by atoms with Crippen molar-refractivity contribution in [2.45, 2.75) is 32.2 Å². The van der Waals surface area contributed by atoms with Crippen LogP contribution in [0.5, 0.6) is 0 Å². The molecule has 0 saturated carbocycles. The second-order valence-corrected chi connectivity index (χ2v) is 8.54. The Labute approximate surface area is 175 Å². The molecule has 2 aliphatic rings. The maximum atomic E-state index is 13.6. The molecule has 0 radical (unpaired) electrons. The van der Waals surface area contributed by atoms with Crippen LogP contribution in [0, 0.1) is 5.82 Å². The zero-order valence-corrected chi connectivity index (χ0v) is 17.0. The summed E-state index contributed by atoms with van der Waals surface area (Å²) >= 11 is 0. The molecule has 4 nitrogen and oxygen atoms in total. The first-order chi connectivity index (χ1) is 14.7. The molecular formula is C25H25FN4. The predicted molar refractivity (Wildman–Crippen MR) is 121 cm³/mol. The maximum Gasteiger partial charge on any atom is 0.129 e. The van der Waals surface area contributed by atoms with Crippen molar-refractivity contribution in [3.8, 4) is 0 Å². The standard InChI is InChI=1S/C25H25FN4/c26-18-6-8-20-21-16-30(13-10-22(21)27-24(20)14-18)19-7-4-17-5-9-25(28-23(17)15-19)29-11-2-1-3-12-29/h4-9,14-15,27H,1-3,10-13,16H2. The van der Waals surface area contributed by atoms with Gasteiger partial charge >= 0.3 is 0 Å². The molecule has 0 aliphatic carbocycles. The minimum Gasteiger partial charge on any atom is -0.367 e. The Kier molecular flexibility index (Phi) is 4.15. The number of nitrogens with zero attached hydrogens (tertiary/aromatic N) is 3. The lowest BCUT2D eigenvalue weighted by atomic mass is 10.0. The van der Waals surface area contributed by atoms with Gasteiger partial charge in [-0.25, -0.2) is 9.37 Å². The third-order valence-corrected chi connectivity index (χ3v) is 6.64. The number of hydrogen-bond acceptors (Lipinski definition) is 3. The van der Waals surface area contributed by atoms with Crippen molar-refractivity contribution >= 4 is 33.3 Å². The summed E-state index contributed by atoms with van der Waals surface area (Å²) in [5.74, 6) is 0.905. The lowest BCUT2D eigenvalue weighted by molar-refractivity contribution is 0.574. The third-order valence-electron chi connectivity index (χ3n) is 6.64. The molecule has 5 heteroatoms. The topological polar surface area (TPSA) is 35.2 Å². The van der Waals surface area contributed by atoms with E-state index in [1.807, 2.05) is 6.07 Å². The lowest BCUT2D eigenvalue weighted by Crippen LogP contribution is -2.30. The average molecular weight is 401 g/mol. The molecular weight excluding hydrogens is 375 g/mol. The second kappa shape index (κ2) is 7.01. The van der Waals surface area contributed by atoms with Crippen LogP contribution in [0.1, 0.15) is 30.5 Å². The highest BCUT2D eigenvalue weighted by Crippen LogP contribution is 2.32. The lowest BCUT2D eigenvalue weighted by Gasteiger charge is -2.30. The van der Waals surface area contributed by atoms with E-state index in [1.54, 1.807) is 12.1 Å². The fourth-order valence-electron chi connectivity index (χ4n) is 5.01. The zero-order chi connectivity index (χ0) is 20.1. The highest BCUT2D eigenvalue weighted by atomic mass is 19.1. The van der Waals surface area contributed by atoms with Crippen LogP contribution in [-0.4, -0.2) is 29.6 Å². The van der Waals surface area contributed by atoms with Gasteiger partial charge in [0.15, 0.2) is 0 Å². The number of aromatic nitrogens is 2. The monoisotopic (exact) mass is 400 g/mol. The molecule has 2 aromatic heterocycles. The van der Waals surface area contributed by atoms with Crippen molar-refractivity contribution in [2.75, 3.05) is 29.4 Å². The van der Waals surface area contributed by atoms with Gasteiger partial charge in [-0.2, -0.15) is 0 Å². The van der Waals surface area contributed by atoms with Crippen LogP contribution in [-0.2, 0) is 13.0 Å². The molecule has 2 aromatic carbocycles. The number of pyridine rings is 1. The summed E-state index contributed by atoms with van der Waals surface area (Å²) in [4.78, 5) is 13.2. The number of benzene rings is 2. The average Bonchev–Trinajstić information content (AvgIpc) is 3.15. The zero-order valence-electron chi connectivity index (χ0n) is 17.0. The summed E-state index contributed by atoms with van der Waals surface area (Å²) in [6, 6.07) is 16.0. The number of fused-ring (bicyclic) bond motifs is 4. The number of hydrogen-bond donors (Lipinski definition) is 1. The Bertz CT molecular complexity index is 1240. The number of halogens is 1. The van der Waals surface area contributed by atoms with Crippen LogP contribution in [0.25, 0.3) is 21.8 Å². The molecule has 6 rings (SSSR count). The summed E-state index contributed by atoms with van der Waals surface area (Å²) in [5.41, 5.74) is 5.67. The minimum absolute atomic E-state index is 0.192. The maximum absolute atomic E-state index is 13.6. The second-order valence-electron chi connectivity index (χ2n) is 8.54. The number of aromatic amines is 1. The quantitative estimate of drug-likeness (QED) is 0.489. The van der Waals surface area contributed by atoms with Gasteiger partial charge in [0, 0.05) is 65.8 Å². The molecule has 0 atom stereocenters. The van der Waals surface area contributed by atoms with Gasteiger partial charge in [0.05, 0.1) is 5.52 Å². The van der Waals surface area contributed by atoms with Crippen molar-refractivity contribution in [2.24, 2.45) is 0 Å². The Morgan fingerprint density at radius 2 is 1.73 bits per heavy atom. The SMILES string of the molecule is Fc1ccc2c3c([nH]c2c1)CCN(c1ccc2ccc(N4CCCCC4)nc2c1)C3. The van der Waals surface area contributed by atoms with E-state index in [1.165, 1.54) is 41.6 Å². The first kappa shape index (κ1) is 17.8. The number of piperidine rings is 1. The number of H-pyrrole nitrogens is 1. The Morgan fingerprint density at radius 3 is 2.63 bits per heavy atom. The highest BCUT2D eigenvalue weighted by Gasteiger charge is 2.21. The van der Waals surface area contributed by atoms with Crippen LogP contribution < -0.4 is 9.80 Å². The van der Waals surface area contributed by atoms with Crippen molar-refractivity contribution in [1.29, 1.82) is 0 Å². The molecule has 4 heterocycles. The van der Waals surface area contributed by atoms with Crippen molar-refractivity contribution in [3.63, 3.8) is 0 Å². The largest absolute Gasteiger partial charge is 0.367 e. The number of rotatable bonds is 2. The van der Waals surface area contributed by atoms with Crippen LogP contribution in [0.15, 0.2) is 48.5 Å². The first-order valence-electron chi connectivity index (χ1n) is 10.9. The summed E-state index contributed by atoms with van der Waals surface area (Å²) in [6.07, 6.45) is 4.77. The van der Waals surface area contributed by atoms with E-state index in [0.29, 0.717) is 0 Å². The molecule has 30 heavy (non-hydrogen) atoms. The van der Waals surface area contributed by atoms with E-state index in [9.17, 15) is 4.39 Å². The van der Waals surface area contributed by atoms with E-state index in [2.05, 4.69) is 45.1 Å². The molecule has 0 unspecified atom stereocenters. The van der Waals surface area contributed by atoms with Gasteiger partial charge in [-0.1, -0.05) is 6.07 Å². The highest BCUT2D eigenvalue weighted by molar-refractivity contribution is 5.87. The van der Waals surface area contributed by atoms with Gasteiger partial charge in [0.2, 0.25) is 0 Å². The van der Waals surface area contributed by atoms with E-state index in [-0.39, 0.29) is 5.82 Å². The Balaban J connectivity index is 1.33. The fraction of sp³-hybridized carbons (Fsp3) is 0.320. The van der Waals surface area contributed by atoms with Gasteiger partial charge in [-0.15, -0.1) is 0 Å². The van der Waals surface area contributed by atoms with Crippen LogP contribution >= 0.6 is 0 Å². The van der Waals surface area contributed by atoms with E-state index >= 15 is 0 Å². The smallest absolute Gasteiger partial charge is 0.129 e. The Hall–Kier alpha value is -3.08. The van der Waals surface area contributed by atoms with Crippen LogP contribution in [0.2, 0.25) is 0 Å². The fourth-order valence-corrected chi connectivity index (χ4v) is 5.01. The number of nitrogens with one attached hydrogen (secondary N) is 1. The first-order valence-corrected chi connectivity index (χ1v) is 10.9. The van der Waals surface area contributed by atoms with Gasteiger partial charge < -0.3 is 14.8 Å². The van der Waals surface area contributed by atoms with E-state index in [0.717, 1.165) is 54.8 Å². The molecule has 1 N–H and O–H groups in total. The molecule has 1 saturated heterocycles. The van der Waals surface area contributed by atoms with Gasteiger partial charge in [0.25, 0.3) is 0 Å². The normalized spacial score (nSPS) is 17.0. The Morgan fingerprint density at radius 1 is 0.867 bits per heavy atom. The van der Waals surface area contributed by atoms with E-state index < -0.39 is 0 Å². The van der Waals surface area contributed by atoms with Gasteiger partial charge in [-0.3, -0.25) is 0 Å². The molecule has 0 amide bonds. The summed E-state index contributed by atoms with van der Waals surface area (Å²) in [5, 5.41) is 2.31. The molecule has 4 aromatic rings. The van der Waals surface area contributed by atoms with Crippen molar-refractivity contribution < 1.29 is 4.39 Å². The summed E-state index contributed by atoms with van der Waals surface area (Å²) in [7, 11) is 0. The van der Waals surface area contributed by atoms with Gasteiger partial charge in [0.1, 0.15) is 11.6 Å². The van der Waals surface area contributed by atoms with Gasteiger partial charge in [-0.05, 0) is 61.7 Å². The van der Waals surface area contributed by atoms with Crippen LogP contribution in [0.3, 0.4) is 0 Å². The summed E-state index contributed by atoms with van der Waals surface area (Å²) in [6.45, 7) is 3.99. The molecule has 0 spiro atoms. The van der Waals surface area contributed by atoms with Crippen LogP contribution in [0.4, 0.5) is 15.9 Å². The molecule has 2 aliphatic heterocycles. The molecule has 152 valence electrons. The minimum atomic E-state index is -0.192. The number of anilines is 2. The van der Waals surface area contributed by atoms with Crippen molar-refractivity contribution in [1.82, 2.24) is 9.97 Å². The van der Waals surface area contributed by atoms with Crippen molar-refractivity contribution in [3.05, 3.63) is 65.6 Å². The van der Waals surface area contributed by atoms with E-state index in [4.69, 9.17) is 4.98 Å². The molecule has 1 fully saturated rings. The predicted octanol–water partition coefficient (Wildman–Crippen LogP) is 5.41.